The molecule has 0 aromatic heterocycles. The topological polar surface area (TPSA) is 132 Å². The summed E-state index contributed by atoms with van der Waals surface area (Å²) in [6, 6.07) is 0. The smallest absolute Gasteiger partial charge is 0.356 e. The van der Waals surface area contributed by atoms with E-state index in [9.17, 15) is 0 Å². The largest absolute Gasteiger partial charge is 2.00 e. The van der Waals surface area contributed by atoms with Crippen molar-refractivity contribution >= 4 is 0 Å². The zero-order chi connectivity index (χ0) is 7.15. The van der Waals surface area contributed by atoms with Gasteiger partial charge in [0.1, 0.15) is 0 Å². The minimum atomic E-state index is -1.75. The van der Waals surface area contributed by atoms with Crippen molar-refractivity contribution in [1.29, 1.82) is 0 Å². The molecule has 54 valence electrons. The van der Waals surface area contributed by atoms with Crippen LogP contribution in [0.25, 0.3) is 0 Å². The fourth-order valence-corrected chi connectivity index (χ4v) is 0. The van der Waals surface area contributed by atoms with Gasteiger partial charge in [-0.3, -0.25) is 0 Å². The molecule has 0 saturated heterocycles. The summed E-state index contributed by atoms with van der Waals surface area (Å²) >= 11 is 0. The Balaban J connectivity index is -0.0000000300. The first-order chi connectivity index (χ1) is 3.46. The second-order valence-electron chi connectivity index (χ2n) is 0.447. The molecule has 0 unspecified atom stereocenters. The number of rotatable bonds is 0. The molecule has 0 fully saturated rings. The van der Waals surface area contributed by atoms with Crippen LogP contribution in [0.1, 0.15) is 0 Å². The van der Waals surface area contributed by atoms with E-state index in [0.29, 0.717) is 0 Å². The molecule has 8 nitrogen and oxygen atoms in total. The first-order valence-corrected chi connectivity index (χ1v) is 1.10. The van der Waals surface area contributed by atoms with Crippen LogP contribution >= 0.6 is 0 Å². The molecule has 0 radical (unpaired) electrons. The Hall–Kier alpha value is -0.158. The second kappa shape index (κ2) is 15.9. The second-order valence-corrected chi connectivity index (χ2v) is 0.447. The van der Waals surface area contributed by atoms with Crippen LogP contribution in [0.2, 0.25) is 0 Å². The molecular weight excluding hydrogens is 292 g/mol. The molecule has 0 aliphatic carbocycles. The standard InChI is InChI=1S/Cd.Fe.2NO3/c;;2*2-1(3)4/q2*+2;2*-1. The van der Waals surface area contributed by atoms with Crippen molar-refractivity contribution in [2.75, 3.05) is 0 Å². The van der Waals surface area contributed by atoms with Crippen molar-refractivity contribution in [3.8, 4) is 0 Å². The van der Waals surface area contributed by atoms with E-state index in [0.717, 1.165) is 0 Å². The maximum absolute atomic E-state index is 8.25. The molecule has 0 spiro atoms. The monoisotopic (exact) mass is 294 g/mol. The van der Waals surface area contributed by atoms with Crippen molar-refractivity contribution in [1.82, 2.24) is 0 Å². The van der Waals surface area contributed by atoms with Crippen molar-refractivity contribution < 1.29 is 54.5 Å². The van der Waals surface area contributed by atoms with Gasteiger partial charge in [0.25, 0.3) is 0 Å². The van der Waals surface area contributed by atoms with E-state index in [4.69, 9.17) is 30.6 Å². The van der Waals surface area contributed by atoms with E-state index in [1.54, 1.807) is 0 Å². The Labute approximate surface area is 85.1 Å². The molecule has 0 atom stereocenters. The third-order valence-electron chi connectivity index (χ3n) is 0. The third-order valence-corrected chi connectivity index (χ3v) is 0. The van der Waals surface area contributed by atoms with Crippen molar-refractivity contribution in [3.05, 3.63) is 30.6 Å². The maximum Gasteiger partial charge on any atom is 2.00 e. The zero-order valence-electron chi connectivity index (χ0n) is 4.40. The summed E-state index contributed by atoms with van der Waals surface area (Å²) in [6.07, 6.45) is 0. The van der Waals surface area contributed by atoms with Crippen LogP contribution in [0.15, 0.2) is 0 Å². The number of nitrogens with zero attached hydrogens (tertiary/aromatic N) is 2. The molecule has 0 bridgehead atoms. The van der Waals surface area contributed by atoms with E-state index >= 15 is 0 Å². The number of hydrogen-bond donors (Lipinski definition) is 0. The van der Waals surface area contributed by atoms with Crippen molar-refractivity contribution in [2.24, 2.45) is 0 Å². The SMILES string of the molecule is O=[N+]([O-])[O-].O=[N+]([O-])[O-].[Cd+2].[Fe+2]. The molecule has 0 N–H and O–H groups in total. The molecular formula is CdFeN2O6+2. The molecule has 0 amide bonds. The molecule has 0 aliphatic rings. The minimum absolute atomic E-state index is 0. The Morgan fingerprint density at radius 1 is 0.800 bits per heavy atom. The molecule has 0 heterocycles. The van der Waals surface area contributed by atoms with Gasteiger partial charge in [0.05, 0.1) is 10.2 Å². The van der Waals surface area contributed by atoms with Gasteiger partial charge >= 0.3 is 44.4 Å². The van der Waals surface area contributed by atoms with Crippen LogP contribution in [-0.2, 0) is 44.4 Å². The molecule has 0 aliphatic heterocycles. The van der Waals surface area contributed by atoms with Gasteiger partial charge in [0.15, 0.2) is 0 Å². The Morgan fingerprint density at radius 2 is 0.800 bits per heavy atom. The van der Waals surface area contributed by atoms with Crippen LogP contribution in [0.4, 0.5) is 0 Å². The summed E-state index contributed by atoms with van der Waals surface area (Å²) in [6.45, 7) is 0. The van der Waals surface area contributed by atoms with Crippen LogP contribution in [0.5, 0.6) is 0 Å². The van der Waals surface area contributed by atoms with E-state index in [2.05, 4.69) is 0 Å². The van der Waals surface area contributed by atoms with Gasteiger partial charge in [-0.05, 0) is 0 Å². The summed E-state index contributed by atoms with van der Waals surface area (Å²) in [7, 11) is 0. The van der Waals surface area contributed by atoms with Gasteiger partial charge in [-0.1, -0.05) is 0 Å². The van der Waals surface area contributed by atoms with Crippen LogP contribution in [0.3, 0.4) is 0 Å². The van der Waals surface area contributed by atoms with Crippen LogP contribution < -0.4 is 0 Å². The molecule has 0 saturated carbocycles. The summed E-state index contributed by atoms with van der Waals surface area (Å²) in [5.74, 6) is 0. The predicted octanol–water partition coefficient (Wildman–Crippen LogP) is -0.483. The zero-order valence-corrected chi connectivity index (χ0v) is 9.55. The Bertz CT molecular complexity index is 73.7. The third kappa shape index (κ3) is 14600. The minimum Gasteiger partial charge on any atom is -0.356 e. The van der Waals surface area contributed by atoms with Gasteiger partial charge in [0, 0.05) is 0 Å². The van der Waals surface area contributed by atoms with Gasteiger partial charge in [-0.2, -0.15) is 0 Å². The van der Waals surface area contributed by atoms with Gasteiger partial charge in [0.2, 0.25) is 0 Å². The molecule has 0 aromatic carbocycles. The molecule has 10 heteroatoms. The average Bonchev–Trinajstić information content (AvgIpc) is 1.25. The van der Waals surface area contributed by atoms with Gasteiger partial charge in [-0.25, -0.2) is 0 Å². The van der Waals surface area contributed by atoms with E-state index in [1.807, 2.05) is 0 Å². The summed E-state index contributed by atoms with van der Waals surface area (Å²) in [5, 5.41) is 29.5. The molecule has 0 rings (SSSR count). The van der Waals surface area contributed by atoms with Crippen LogP contribution in [-0.4, -0.2) is 10.2 Å². The quantitative estimate of drug-likeness (QED) is 0.336. The van der Waals surface area contributed by atoms with Crippen LogP contribution in [0, 0.1) is 30.6 Å². The Morgan fingerprint density at radius 3 is 0.800 bits per heavy atom. The van der Waals surface area contributed by atoms with Crippen molar-refractivity contribution in [3.63, 3.8) is 0 Å². The Kier molecular flexibility index (Phi) is 35.9. The maximum atomic E-state index is 8.25. The first kappa shape index (κ1) is 22.5. The summed E-state index contributed by atoms with van der Waals surface area (Å²) in [4.78, 5) is 16.5. The number of hydrogen-bond acceptors (Lipinski definition) is 6. The van der Waals surface area contributed by atoms with E-state index in [-0.39, 0.29) is 44.4 Å². The summed E-state index contributed by atoms with van der Waals surface area (Å²) < 4.78 is 0. The van der Waals surface area contributed by atoms with Gasteiger partial charge in [-0.15, -0.1) is 0 Å². The van der Waals surface area contributed by atoms with E-state index < -0.39 is 10.2 Å². The average molecular weight is 292 g/mol. The fourth-order valence-electron chi connectivity index (χ4n) is 0. The first-order valence-electron chi connectivity index (χ1n) is 1.10. The fraction of sp³-hybridized carbons (Fsp3) is 0. The summed E-state index contributed by atoms with van der Waals surface area (Å²) in [5.41, 5.74) is 0. The predicted molar refractivity (Wildman–Crippen MR) is 20.7 cm³/mol. The normalized spacial score (nSPS) is 4.80. The molecule has 10 heavy (non-hydrogen) atoms. The molecule has 0 aromatic rings. The van der Waals surface area contributed by atoms with Gasteiger partial charge < -0.3 is 30.6 Å². The van der Waals surface area contributed by atoms with E-state index in [1.165, 1.54) is 0 Å². The van der Waals surface area contributed by atoms with Crippen molar-refractivity contribution in [2.45, 2.75) is 0 Å².